The molecule has 37 heavy (non-hydrogen) atoms. The van der Waals surface area contributed by atoms with Gasteiger partial charge in [-0.15, -0.1) is 0 Å². The van der Waals surface area contributed by atoms with Crippen molar-refractivity contribution < 1.29 is 15.3 Å². The number of β-amino-alcohol motifs (C(OH)–C–C–N with tert-alkyl or cyclic N) is 1. The van der Waals surface area contributed by atoms with E-state index in [1.54, 1.807) is 25.4 Å². The lowest BCUT2D eigenvalue weighted by Crippen LogP contribution is -2.65. The molecule has 0 amide bonds. The number of hydrogen-bond acceptors (Lipinski definition) is 6. The molecule has 0 saturated carbocycles. The maximum atomic E-state index is 12.5. The van der Waals surface area contributed by atoms with Gasteiger partial charge in [0.2, 0.25) is 0 Å². The van der Waals surface area contributed by atoms with E-state index in [9.17, 15) is 15.3 Å². The van der Waals surface area contributed by atoms with Crippen LogP contribution in [0.4, 0.5) is 0 Å². The van der Waals surface area contributed by atoms with Crippen molar-refractivity contribution in [3.05, 3.63) is 94.6 Å². The van der Waals surface area contributed by atoms with E-state index in [1.165, 1.54) is 5.56 Å². The molecule has 0 spiro atoms. The van der Waals surface area contributed by atoms with Crippen LogP contribution in [0.3, 0.4) is 0 Å². The van der Waals surface area contributed by atoms with Crippen molar-refractivity contribution in [2.24, 2.45) is 5.41 Å². The predicted molar refractivity (Wildman–Crippen MR) is 145 cm³/mol. The minimum atomic E-state index is -1.43. The van der Waals surface area contributed by atoms with Crippen molar-refractivity contribution in [1.82, 2.24) is 14.9 Å². The molecule has 0 aliphatic carbocycles. The number of benzene rings is 1. The maximum Gasteiger partial charge on any atom is 0.165 e. The molecule has 6 nitrogen and oxygen atoms in total. The summed E-state index contributed by atoms with van der Waals surface area (Å²) in [6, 6.07) is 15.5. The van der Waals surface area contributed by atoms with Gasteiger partial charge in [-0.1, -0.05) is 62.9 Å². The van der Waals surface area contributed by atoms with Gasteiger partial charge in [-0.25, -0.2) is 0 Å². The third-order valence-corrected chi connectivity index (χ3v) is 7.42. The summed E-state index contributed by atoms with van der Waals surface area (Å²) >= 11 is 0. The molecule has 2 atom stereocenters. The highest BCUT2D eigenvalue weighted by Crippen LogP contribution is 2.50. The Balaban J connectivity index is 1.74. The van der Waals surface area contributed by atoms with Crippen LogP contribution in [0, 0.1) is 24.2 Å². The fourth-order valence-corrected chi connectivity index (χ4v) is 5.22. The van der Waals surface area contributed by atoms with E-state index in [4.69, 9.17) is 0 Å². The average molecular weight is 500 g/mol. The molecule has 6 heteroatoms. The topological polar surface area (TPSA) is 89.7 Å². The van der Waals surface area contributed by atoms with Crippen LogP contribution in [-0.4, -0.2) is 56.4 Å². The number of rotatable bonds is 7. The Labute approximate surface area is 220 Å². The van der Waals surface area contributed by atoms with Crippen LogP contribution < -0.4 is 0 Å². The molecule has 3 aromatic rings. The molecule has 2 unspecified atom stereocenters. The van der Waals surface area contributed by atoms with Crippen molar-refractivity contribution in [3.63, 3.8) is 0 Å². The first-order valence-electron chi connectivity index (χ1n) is 12.8. The van der Waals surface area contributed by atoms with Gasteiger partial charge in [0.05, 0.1) is 12.3 Å². The number of hydrogen-bond donors (Lipinski definition) is 3. The molecule has 1 aliphatic heterocycles. The predicted octanol–water partition coefficient (Wildman–Crippen LogP) is 3.72. The van der Waals surface area contributed by atoms with E-state index in [-0.39, 0.29) is 6.61 Å². The lowest BCUT2D eigenvalue weighted by molar-refractivity contribution is -0.137. The highest BCUT2D eigenvalue weighted by Gasteiger charge is 2.56. The Hall–Kier alpha value is -3.08. The number of aryl methyl sites for hydroxylation is 1. The molecule has 0 radical (unpaired) electrons. The fourth-order valence-electron chi connectivity index (χ4n) is 5.22. The highest BCUT2D eigenvalue weighted by molar-refractivity contribution is 5.45. The standard InChI is InChI=1S/C31H37N3O3/c1-22(2)25-9-11-26(12-10-25)31(37,29(4)20-34(21-29)15-16-35)27-17-24(18-32-19-27)13-14-30(5,36)28-8-6-7-23(3)33-28/h6-12,17-19,22,35-37H,15-16,20-21H2,1-5H3. The van der Waals surface area contributed by atoms with Crippen molar-refractivity contribution in [2.75, 3.05) is 26.2 Å². The number of nitrogens with zero attached hydrogens (tertiary/aromatic N) is 3. The van der Waals surface area contributed by atoms with Crippen LogP contribution in [0.5, 0.6) is 0 Å². The highest BCUT2D eigenvalue weighted by atomic mass is 16.3. The Morgan fingerprint density at radius 3 is 2.38 bits per heavy atom. The van der Waals surface area contributed by atoms with Gasteiger partial charge >= 0.3 is 0 Å². The fraction of sp³-hybridized carbons (Fsp3) is 0.419. The SMILES string of the molecule is Cc1cccc(C(C)(O)C#Cc2cncc(C(O)(c3ccc(C(C)C)cc3)C3(C)CN(CCO)C3)c2)n1. The molecule has 3 N–H and O–H groups in total. The molecule has 4 rings (SSSR count). The summed E-state index contributed by atoms with van der Waals surface area (Å²) in [4.78, 5) is 11.0. The van der Waals surface area contributed by atoms with Gasteiger partial charge in [0.15, 0.2) is 5.60 Å². The Bertz CT molecular complexity index is 1300. The normalized spacial score (nSPS) is 18.3. The Morgan fingerprint density at radius 2 is 1.76 bits per heavy atom. The van der Waals surface area contributed by atoms with Crippen molar-refractivity contribution in [1.29, 1.82) is 0 Å². The first-order valence-corrected chi connectivity index (χ1v) is 12.8. The van der Waals surface area contributed by atoms with Gasteiger partial charge in [-0.05, 0) is 49.1 Å². The van der Waals surface area contributed by atoms with Crippen molar-refractivity contribution >= 4 is 0 Å². The lowest BCUT2D eigenvalue weighted by Gasteiger charge is -2.56. The van der Waals surface area contributed by atoms with Gasteiger partial charge in [0.25, 0.3) is 0 Å². The largest absolute Gasteiger partial charge is 0.395 e. The van der Waals surface area contributed by atoms with Gasteiger partial charge in [-0.2, -0.15) is 0 Å². The van der Waals surface area contributed by atoms with Crippen molar-refractivity contribution in [2.45, 2.75) is 51.7 Å². The summed E-state index contributed by atoms with van der Waals surface area (Å²) in [5.74, 6) is 6.37. The third-order valence-electron chi connectivity index (χ3n) is 7.42. The van der Waals surface area contributed by atoms with E-state index in [2.05, 4.69) is 59.6 Å². The zero-order valence-corrected chi connectivity index (χ0v) is 22.4. The maximum absolute atomic E-state index is 12.5. The van der Waals surface area contributed by atoms with Crippen LogP contribution in [0.25, 0.3) is 0 Å². The molecule has 1 aliphatic rings. The van der Waals surface area contributed by atoms with E-state index in [0.29, 0.717) is 42.4 Å². The second-order valence-corrected chi connectivity index (χ2v) is 10.9. The van der Waals surface area contributed by atoms with Crippen LogP contribution in [0.1, 0.15) is 67.3 Å². The van der Waals surface area contributed by atoms with E-state index in [0.717, 1.165) is 11.3 Å². The number of pyridine rings is 2. The molecular formula is C31H37N3O3. The van der Waals surface area contributed by atoms with Gasteiger partial charge < -0.3 is 15.3 Å². The van der Waals surface area contributed by atoms with Crippen LogP contribution >= 0.6 is 0 Å². The summed E-state index contributed by atoms with van der Waals surface area (Å²) < 4.78 is 0. The summed E-state index contributed by atoms with van der Waals surface area (Å²) in [7, 11) is 0. The van der Waals surface area contributed by atoms with E-state index < -0.39 is 16.6 Å². The minimum absolute atomic E-state index is 0.0833. The number of likely N-dealkylation sites (tertiary alicyclic amines) is 1. The number of aliphatic hydroxyl groups is 3. The minimum Gasteiger partial charge on any atom is -0.395 e. The second kappa shape index (κ2) is 10.4. The molecule has 0 bridgehead atoms. The molecule has 3 heterocycles. The summed E-state index contributed by atoms with van der Waals surface area (Å²) in [5.41, 5.74) is 1.29. The summed E-state index contributed by atoms with van der Waals surface area (Å²) in [5, 5.41) is 32.8. The van der Waals surface area contributed by atoms with Crippen LogP contribution in [-0.2, 0) is 11.2 Å². The smallest absolute Gasteiger partial charge is 0.165 e. The quantitative estimate of drug-likeness (QED) is 0.430. The average Bonchev–Trinajstić information content (AvgIpc) is 2.86. The summed E-state index contributed by atoms with van der Waals surface area (Å²) in [6.07, 6.45) is 3.33. The summed E-state index contributed by atoms with van der Waals surface area (Å²) in [6.45, 7) is 11.8. The zero-order chi connectivity index (χ0) is 26.8. The zero-order valence-electron chi connectivity index (χ0n) is 22.4. The van der Waals surface area contributed by atoms with Gasteiger partial charge in [0.1, 0.15) is 5.60 Å². The van der Waals surface area contributed by atoms with Gasteiger partial charge in [-0.3, -0.25) is 14.9 Å². The van der Waals surface area contributed by atoms with Crippen molar-refractivity contribution in [3.8, 4) is 11.8 Å². The van der Waals surface area contributed by atoms with Crippen LogP contribution in [0.15, 0.2) is 60.9 Å². The Morgan fingerprint density at radius 1 is 1.05 bits per heavy atom. The first-order chi connectivity index (χ1) is 17.5. The molecule has 1 saturated heterocycles. The molecular weight excluding hydrogens is 462 g/mol. The number of aliphatic hydroxyl groups excluding tert-OH is 1. The third kappa shape index (κ3) is 5.32. The number of aromatic nitrogens is 2. The van der Waals surface area contributed by atoms with E-state index in [1.807, 2.05) is 37.3 Å². The second-order valence-electron chi connectivity index (χ2n) is 10.9. The van der Waals surface area contributed by atoms with Gasteiger partial charge in [0, 0.05) is 54.3 Å². The lowest BCUT2D eigenvalue weighted by atomic mass is 9.62. The first kappa shape index (κ1) is 27.0. The molecule has 194 valence electrons. The molecule has 2 aromatic heterocycles. The van der Waals surface area contributed by atoms with E-state index >= 15 is 0 Å². The molecule has 1 aromatic carbocycles. The van der Waals surface area contributed by atoms with Crippen LogP contribution in [0.2, 0.25) is 0 Å². The molecule has 1 fully saturated rings. The Kier molecular flexibility index (Phi) is 7.55. The monoisotopic (exact) mass is 499 g/mol.